The molecule has 1 atom stereocenters. The van der Waals surface area contributed by atoms with Crippen LogP contribution in [-0.4, -0.2) is 47.7 Å². The van der Waals surface area contributed by atoms with E-state index in [1.165, 1.54) is 0 Å². The van der Waals surface area contributed by atoms with Crippen molar-refractivity contribution in [3.8, 4) is 0 Å². The third-order valence-electron chi connectivity index (χ3n) is 3.39. The summed E-state index contributed by atoms with van der Waals surface area (Å²) in [4.78, 5) is 13.4. The lowest BCUT2D eigenvalue weighted by molar-refractivity contribution is 0.0696. The fraction of sp³-hybridized carbons (Fsp3) is 0.667. The number of hydrogen-bond donors (Lipinski definition) is 1. The third-order valence-corrected chi connectivity index (χ3v) is 3.39. The molecule has 0 bridgehead atoms. The van der Waals surface area contributed by atoms with Crippen molar-refractivity contribution in [2.24, 2.45) is 13.0 Å². The van der Waals surface area contributed by atoms with Gasteiger partial charge >= 0.3 is 5.97 Å². The number of hydrogen-bond acceptors (Lipinski definition) is 4. The maximum absolute atomic E-state index is 11.3. The molecule has 1 aliphatic heterocycles. The Morgan fingerprint density at radius 3 is 2.94 bits per heavy atom. The number of aryl methyl sites for hydroxylation is 2. The molecule has 1 saturated heterocycles. The highest BCUT2D eigenvalue weighted by Gasteiger charge is 2.29. The monoisotopic (exact) mass is 253 g/mol. The predicted octanol–water partition coefficient (Wildman–Crippen LogP) is 0.899. The van der Waals surface area contributed by atoms with E-state index < -0.39 is 5.97 Å². The van der Waals surface area contributed by atoms with Gasteiger partial charge in [0, 0.05) is 33.2 Å². The summed E-state index contributed by atoms with van der Waals surface area (Å²) in [6.07, 6.45) is 1.02. The Morgan fingerprint density at radius 1 is 1.61 bits per heavy atom. The standard InChI is InChI=1S/C12H19N3O3/c1-8-10(12(16)17)11(14(2)13-8)15-5-4-9(6-15)7-18-3/h9H,4-7H2,1-3H3,(H,16,17). The minimum atomic E-state index is -0.911. The number of rotatable bonds is 4. The summed E-state index contributed by atoms with van der Waals surface area (Å²) >= 11 is 0. The molecule has 1 unspecified atom stereocenters. The van der Waals surface area contributed by atoms with Crippen LogP contribution in [0.2, 0.25) is 0 Å². The van der Waals surface area contributed by atoms with E-state index in [-0.39, 0.29) is 0 Å². The van der Waals surface area contributed by atoms with Crippen molar-refractivity contribution in [2.45, 2.75) is 13.3 Å². The van der Waals surface area contributed by atoms with Gasteiger partial charge in [0.1, 0.15) is 11.4 Å². The molecule has 0 amide bonds. The highest BCUT2D eigenvalue weighted by molar-refractivity contribution is 5.94. The first-order valence-electron chi connectivity index (χ1n) is 6.05. The quantitative estimate of drug-likeness (QED) is 0.863. The first-order chi connectivity index (χ1) is 8.54. The smallest absolute Gasteiger partial charge is 0.341 e. The van der Waals surface area contributed by atoms with Crippen molar-refractivity contribution in [2.75, 3.05) is 31.7 Å². The Bertz CT molecular complexity index is 456. The van der Waals surface area contributed by atoms with Crippen LogP contribution in [0.5, 0.6) is 0 Å². The topological polar surface area (TPSA) is 67.6 Å². The van der Waals surface area contributed by atoms with Crippen LogP contribution in [-0.2, 0) is 11.8 Å². The van der Waals surface area contributed by atoms with Gasteiger partial charge in [0.25, 0.3) is 0 Å². The number of carboxylic acid groups (broad SMARTS) is 1. The molecule has 18 heavy (non-hydrogen) atoms. The average molecular weight is 253 g/mol. The molecule has 0 aromatic carbocycles. The number of methoxy groups -OCH3 is 1. The molecule has 1 aromatic heterocycles. The van der Waals surface area contributed by atoms with Gasteiger partial charge in [-0.3, -0.25) is 4.68 Å². The molecular weight excluding hydrogens is 234 g/mol. The summed E-state index contributed by atoms with van der Waals surface area (Å²) in [6, 6.07) is 0. The zero-order chi connectivity index (χ0) is 13.3. The summed E-state index contributed by atoms with van der Waals surface area (Å²) in [6.45, 7) is 4.13. The second kappa shape index (κ2) is 4.97. The lowest BCUT2D eigenvalue weighted by Gasteiger charge is -2.19. The average Bonchev–Trinajstić information content (AvgIpc) is 2.83. The van der Waals surface area contributed by atoms with Gasteiger partial charge in [-0.1, -0.05) is 0 Å². The molecule has 1 N–H and O–H groups in total. The zero-order valence-corrected chi connectivity index (χ0v) is 11.0. The normalized spacial score (nSPS) is 19.5. The van der Waals surface area contributed by atoms with Gasteiger partial charge in [-0.15, -0.1) is 0 Å². The van der Waals surface area contributed by atoms with Crippen LogP contribution in [0.4, 0.5) is 5.82 Å². The van der Waals surface area contributed by atoms with Gasteiger partial charge in [-0.25, -0.2) is 4.79 Å². The summed E-state index contributed by atoms with van der Waals surface area (Å²) in [7, 11) is 3.48. The number of carboxylic acids is 1. The Balaban J connectivity index is 2.26. The lowest BCUT2D eigenvalue weighted by atomic mass is 10.1. The molecule has 6 nitrogen and oxygen atoms in total. The summed E-state index contributed by atoms with van der Waals surface area (Å²) in [5, 5.41) is 13.5. The van der Waals surface area contributed by atoms with Crippen molar-refractivity contribution in [3.63, 3.8) is 0 Å². The Morgan fingerprint density at radius 2 is 2.33 bits per heavy atom. The van der Waals surface area contributed by atoms with Crippen molar-refractivity contribution < 1.29 is 14.6 Å². The van der Waals surface area contributed by atoms with Crippen molar-refractivity contribution in [3.05, 3.63) is 11.3 Å². The van der Waals surface area contributed by atoms with E-state index in [9.17, 15) is 9.90 Å². The van der Waals surface area contributed by atoms with Gasteiger partial charge in [-0.2, -0.15) is 5.10 Å². The maximum atomic E-state index is 11.3. The minimum Gasteiger partial charge on any atom is -0.477 e. The molecule has 0 aliphatic carbocycles. The highest BCUT2D eigenvalue weighted by Crippen LogP contribution is 2.28. The zero-order valence-electron chi connectivity index (χ0n) is 11.0. The van der Waals surface area contributed by atoms with Crippen LogP contribution in [0.15, 0.2) is 0 Å². The second-order valence-corrected chi connectivity index (χ2v) is 4.77. The van der Waals surface area contributed by atoms with E-state index in [1.54, 1.807) is 25.8 Å². The minimum absolute atomic E-state index is 0.315. The van der Waals surface area contributed by atoms with Gasteiger partial charge in [-0.05, 0) is 13.3 Å². The summed E-state index contributed by atoms with van der Waals surface area (Å²) < 4.78 is 6.82. The molecule has 0 spiro atoms. The molecule has 1 fully saturated rings. The highest BCUT2D eigenvalue weighted by atomic mass is 16.5. The summed E-state index contributed by atoms with van der Waals surface area (Å²) in [5.41, 5.74) is 0.880. The van der Waals surface area contributed by atoms with Crippen LogP contribution in [0.25, 0.3) is 0 Å². The van der Waals surface area contributed by atoms with E-state index in [0.29, 0.717) is 23.0 Å². The van der Waals surface area contributed by atoms with Crippen LogP contribution >= 0.6 is 0 Å². The number of aromatic nitrogens is 2. The van der Waals surface area contributed by atoms with Crippen molar-refractivity contribution in [1.29, 1.82) is 0 Å². The summed E-state index contributed by atoms with van der Waals surface area (Å²) in [5.74, 6) is 0.260. The van der Waals surface area contributed by atoms with E-state index in [0.717, 1.165) is 26.1 Å². The fourth-order valence-corrected chi connectivity index (χ4v) is 2.66. The number of anilines is 1. The number of carbonyl (C=O) groups is 1. The lowest BCUT2D eigenvalue weighted by Crippen LogP contribution is -2.25. The van der Waals surface area contributed by atoms with Crippen LogP contribution < -0.4 is 4.90 Å². The van der Waals surface area contributed by atoms with Gasteiger partial charge in [0.2, 0.25) is 0 Å². The van der Waals surface area contributed by atoms with Gasteiger partial charge in [0.05, 0.1) is 12.3 Å². The number of nitrogens with zero attached hydrogens (tertiary/aromatic N) is 3. The van der Waals surface area contributed by atoms with Crippen LogP contribution in [0.1, 0.15) is 22.5 Å². The van der Waals surface area contributed by atoms with E-state index >= 15 is 0 Å². The van der Waals surface area contributed by atoms with E-state index in [1.807, 2.05) is 0 Å². The Labute approximate surface area is 106 Å². The SMILES string of the molecule is COCC1CCN(c2c(C(=O)O)c(C)nn2C)C1. The molecule has 2 rings (SSSR count). The molecule has 2 heterocycles. The Kier molecular flexibility index (Phi) is 3.56. The third kappa shape index (κ3) is 2.20. The van der Waals surface area contributed by atoms with E-state index in [4.69, 9.17) is 4.74 Å². The van der Waals surface area contributed by atoms with Gasteiger partial charge < -0.3 is 14.7 Å². The Hall–Kier alpha value is -1.56. The fourth-order valence-electron chi connectivity index (χ4n) is 2.66. The molecule has 0 radical (unpaired) electrons. The maximum Gasteiger partial charge on any atom is 0.341 e. The molecule has 100 valence electrons. The largest absolute Gasteiger partial charge is 0.477 e. The van der Waals surface area contributed by atoms with Gasteiger partial charge in [0.15, 0.2) is 0 Å². The van der Waals surface area contributed by atoms with Crippen molar-refractivity contribution >= 4 is 11.8 Å². The molecule has 1 aromatic rings. The first-order valence-corrected chi connectivity index (χ1v) is 6.05. The molecule has 0 saturated carbocycles. The van der Waals surface area contributed by atoms with Crippen LogP contribution in [0, 0.1) is 12.8 Å². The predicted molar refractivity (Wildman–Crippen MR) is 67.1 cm³/mol. The van der Waals surface area contributed by atoms with Crippen molar-refractivity contribution in [1.82, 2.24) is 9.78 Å². The first kappa shape index (κ1) is 12.9. The number of ether oxygens (including phenoxy) is 1. The van der Waals surface area contributed by atoms with E-state index in [2.05, 4.69) is 10.00 Å². The number of aromatic carboxylic acids is 1. The second-order valence-electron chi connectivity index (χ2n) is 4.77. The van der Waals surface area contributed by atoms with Crippen LogP contribution in [0.3, 0.4) is 0 Å². The molecular formula is C12H19N3O3. The molecule has 6 heteroatoms. The molecule has 1 aliphatic rings.